The second kappa shape index (κ2) is 7.93. The molecule has 19 heavy (non-hydrogen) atoms. The number of nitrogens with one attached hydrogen (secondary N) is 1. The van der Waals surface area contributed by atoms with Crippen LogP contribution in [0.25, 0.3) is 0 Å². The molecule has 0 saturated heterocycles. The number of nitroso groups, excluding NO2 is 1. The average Bonchev–Trinajstić information content (AvgIpc) is 2.84. The highest BCUT2D eigenvalue weighted by molar-refractivity contribution is 6.18. The maximum absolute atomic E-state index is 11.7. The van der Waals surface area contributed by atoms with Gasteiger partial charge < -0.3 is 10.1 Å². The first-order chi connectivity index (χ1) is 9.12. The lowest BCUT2D eigenvalue weighted by Gasteiger charge is -2.17. The standard InChI is InChI=1S/C11H18ClN3O4/c1-2-19-10(16)8-3-4-9(7-8)13-11(17)15(14-18)6-5-12/h8-9H,2-7H2,1H3,(H,13,17)/t8-,9+/m0/s1. The predicted molar refractivity (Wildman–Crippen MR) is 69.5 cm³/mol. The molecule has 8 heteroatoms. The fourth-order valence-electron chi connectivity index (χ4n) is 2.10. The Morgan fingerprint density at radius 3 is 2.79 bits per heavy atom. The highest BCUT2D eigenvalue weighted by Gasteiger charge is 2.32. The number of amides is 2. The normalized spacial score (nSPS) is 21.8. The molecule has 0 aromatic rings. The fourth-order valence-corrected chi connectivity index (χ4v) is 2.26. The van der Waals surface area contributed by atoms with Crippen molar-refractivity contribution >= 4 is 23.6 Å². The Morgan fingerprint density at radius 1 is 1.47 bits per heavy atom. The molecular weight excluding hydrogens is 274 g/mol. The lowest BCUT2D eigenvalue weighted by atomic mass is 10.1. The Bertz CT molecular complexity index is 340. The van der Waals surface area contributed by atoms with Gasteiger partial charge in [-0.05, 0) is 26.2 Å². The Labute approximate surface area is 116 Å². The summed E-state index contributed by atoms with van der Waals surface area (Å²) >= 11 is 5.45. The van der Waals surface area contributed by atoms with Crippen LogP contribution in [0.15, 0.2) is 5.29 Å². The van der Waals surface area contributed by atoms with Crippen LogP contribution >= 0.6 is 11.6 Å². The summed E-state index contributed by atoms with van der Waals surface area (Å²) in [6, 6.07) is -0.716. The summed E-state index contributed by atoms with van der Waals surface area (Å²) in [7, 11) is 0. The van der Waals surface area contributed by atoms with Gasteiger partial charge in [0.15, 0.2) is 0 Å². The van der Waals surface area contributed by atoms with Crippen LogP contribution in [0, 0.1) is 10.8 Å². The van der Waals surface area contributed by atoms with Gasteiger partial charge in [-0.1, -0.05) is 0 Å². The van der Waals surface area contributed by atoms with Crippen molar-refractivity contribution in [3.05, 3.63) is 4.91 Å². The van der Waals surface area contributed by atoms with Crippen molar-refractivity contribution in [3.8, 4) is 0 Å². The van der Waals surface area contributed by atoms with Crippen molar-refractivity contribution in [2.45, 2.75) is 32.2 Å². The van der Waals surface area contributed by atoms with Crippen LogP contribution < -0.4 is 5.32 Å². The molecule has 0 spiro atoms. The number of hydrogen-bond donors (Lipinski definition) is 1. The average molecular weight is 292 g/mol. The first-order valence-corrected chi connectivity index (χ1v) is 6.79. The molecule has 1 aliphatic rings. The van der Waals surface area contributed by atoms with E-state index in [0.29, 0.717) is 25.9 Å². The van der Waals surface area contributed by atoms with E-state index in [4.69, 9.17) is 16.3 Å². The van der Waals surface area contributed by atoms with Crippen LogP contribution in [-0.2, 0) is 9.53 Å². The topological polar surface area (TPSA) is 88.1 Å². The van der Waals surface area contributed by atoms with Crippen molar-refractivity contribution in [1.29, 1.82) is 0 Å². The molecule has 0 radical (unpaired) electrons. The van der Waals surface area contributed by atoms with E-state index < -0.39 is 6.03 Å². The second-order valence-electron chi connectivity index (χ2n) is 4.30. The Kier molecular flexibility index (Phi) is 6.55. The monoisotopic (exact) mass is 291 g/mol. The third kappa shape index (κ3) is 4.66. The molecule has 1 N–H and O–H groups in total. The third-order valence-corrected chi connectivity index (χ3v) is 3.18. The molecule has 0 aromatic carbocycles. The third-order valence-electron chi connectivity index (χ3n) is 3.01. The van der Waals surface area contributed by atoms with Crippen LogP contribution in [0.5, 0.6) is 0 Å². The summed E-state index contributed by atoms with van der Waals surface area (Å²) in [6.07, 6.45) is 1.88. The summed E-state index contributed by atoms with van der Waals surface area (Å²) < 4.78 is 4.94. The Morgan fingerprint density at radius 2 is 2.21 bits per heavy atom. The van der Waals surface area contributed by atoms with E-state index in [1.54, 1.807) is 6.92 Å². The molecule has 0 aliphatic heterocycles. The number of halogens is 1. The molecule has 0 aromatic heterocycles. The van der Waals surface area contributed by atoms with Crippen molar-refractivity contribution in [2.75, 3.05) is 19.0 Å². The molecule has 0 unspecified atom stereocenters. The summed E-state index contributed by atoms with van der Waals surface area (Å²) in [4.78, 5) is 33.7. The summed E-state index contributed by atoms with van der Waals surface area (Å²) in [5.41, 5.74) is 0. The number of nitrogens with zero attached hydrogens (tertiary/aromatic N) is 2. The number of urea groups is 1. The van der Waals surface area contributed by atoms with Crippen molar-refractivity contribution in [1.82, 2.24) is 10.3 Å². The quantitative estimate of drug-likeness (QED) is 0.349. The highest BCUT2D eigenvalue weighted by atomic mass is 35.5. The van der Waals surface area contributed by atoms with Gasteiger partial charge in [0.2, 0.25) is 0 Å². The van der Waals surface area contributed by atoms with Gasteiger partial charge in [-0.2, -0.15) is 5.01 Å². The van der Waals surface area contributed by atoms with Crippen molar-refractivity contribution in [3.63, 3.8) is 0 Å². The van der Waals surface area contributed by atoms with Crippen LogP contribution in [0.2, 0.25) is 0 Å². The molecule has 1 fully saturated rings. The predicted octanol–water partition coefficient (Wildman–Crippen LogP) is 1.65. The molecule has 1 saturated carbocycles. The molecule has 2 atom stereocenters. The largest absolute Gasteiger partial charge is 0.466 e. The first kappa shape index (κ1) is 15.7. The lowest BCUT2D eigenvalue weighted by Crippen LogP contribution is -2.42. The molecule has 0 bridgehead atoms. The van der Waals surface area contributed by atoms with Crippen molar-refractivity contribution < 1.29 is 14.3 Å². The number of ether oxygens (including phenoxy) is 1. The van der Waals surface area contributed by atoms with Crippen LogP contribution in [0.1, 0.15) is 26.2 Å². The number of hydrogen-bond acceptors (Lipinski definition) is 5. The fraction of sp³-hybridized carbons (Fsp3) is 0.818. The smallest absolute Gasteiger partial charge is 0.340 e. The molecule has 108 valence electrons. The van der Waals surface area contributed by atoms with Crippen molar-refractivity contribution in [2.24, 2.45) is 11.2 Å². The van der Waals surface area contributed by atoms with Gasteiger partial charge in [-0.15, -0.1) is 16.5 Å². The van der Waals surface area contributed by atoms with Gasteiger partial charge in [-0.25, -0.2) is 4.79 Å². The van der Waals surface area contributed by atoms with E-state index in [0.717, 1.165) is 5.01 Å². The lowest BCUT2D eigenvalue weighted by molar-refractivity contribution is -0.147. The summed E-state index contributed by atoms with van der Waals surface area (Å²) in [5, 5.41) is 6.01. The van der Waals surface area contributed by atoms with Gasteiger partial charge >= 0.3 is 12.0 Å². The molecule has 1 aliphatic carbocycles. The number of alkyl halides is 1. The van der Waals surface area contributed by atoms with E-state index >= 15 is 0 Å². The van der Waals surface area contributed by atoms with E-state index in [-0.39, 0.29) is 30.4 Å². The number of carbonyl (C=O) groups is 2. The minimum Gasteiger partial charge on any atom is -0.466 e. The van der Waals surface area contributed by atoms with Crippen LogP contribution in [-0.4, -0.2) is 42.1 Å². The minimum atomic E-state index is -0.579. The van der Waals surface area contributed by atoms with Gasteiger partial charge in [0.1, 0.15) is 0 Å². The first-order valence-electron chi connectivity index (χ1n) is 6.26. The maximum Gasteiger partial charge on any atom is 0.340 e. The summed E-state index contributed by atoms with van der Waals surface area (Å²) in [6.45, 7) is 2.17. The maximum atomic E-state index is 11.7. The van der Waals surface area contributed by atoms with Gasteiger partial charge in [0, 0.05) is 11.9 Å². The summed E-state index contributed by atoms with van der Waals surface area (Å²) in [5.74, 6) is -0.281. The van der Waals surface area contributed by atoms with Gasteiger partial charge in [-0.3, -0.25) is 4.79 Å². The minimum absolute atomic E-state index is 0.0604. The zero-order valence-corrected chi connectivity index (χ0v) is 11.6. The van der Waals surface area contributed by atoms with E-state index in [9.17, 15) is 14.5 Å². The number of rotatable bonds is 6. The molecule has 2 amide bonds. The highest BCUT2D eigenvalue weighted by Crippen LogP contribution is 2.26. The molecular formula is C11H18ClN3O4. The SMILES string of the molecule is CCOC(=O)[C@H]1CC[C@@H](NC(=O)N(CCCl)N=O)C1. The van der Waals surface area contributed by atoms with E-state index in [1.807, 2.05) is 0 Å². The zero-order valence-electron chi connectivity index (χ0n) is 10.8. The second-order valence-corrected chi connectivity index (χ2v) is 4.68. The zero-order chi connectivity index (χ0) is 14.3. The Balaban J connectivity index is 2.41. The molecule has 1 rings (SSSR count). The van der Waals surface area contributed by atoms with Gasteiger partial charge in [0.25, 0.3) is 0 Å². The molecule has 0 heterocycles. The van der Waals surface area contributed by atoms with Crippen LogP contribution in [0.3, 0.4) is 0 Å². The van der Waals surface area contributed by atoms with E-state index in [1.165, 1.54) is 0 Å². The Hall–Kier alpha value is -1.37. The number of esters is 1. The van der Waals surface area contributed by atoms with Gasteiger partial charge in [0.05, 0.1) is 24.4 Å². The molecule has 7 nitrogen and oxygen atoms in total. The van der Waals surface area contributed by atoms with Crippen LogP contribution in [0.4, 0.5) is 4.79 Å². The number of carbonyl (C=O) groups excluding carboxylic acids is 2. The van der Waals surface area contributed by atoms with E-state index in [2.05, 4.69) is 10.6 Å².